The van der Waals surface area contributed by atoms with Gasteiger partial charge in [0.1, 0.15) is 0 Å². The summed E-state index contributed by atoms with van der Waals surface area (Å²) in [5, 5.41) is 0. The zero-order valence-corrected chi connectivity index (χ0v) is 7.63. The second-order valence-electron chi connectivity index (χ2n) is 0. The molecule has 0 N–H and O–H groups in total. The van der Waals surface area contributed by atoms with Gasteiger partial charge in [-0.1, -0.05) is 0 Å². The molecular formula is O4Sb2-8. The minimum absolute atomic E-state index is 0. The van der Waals surface area contributed by atoms with E-state index in [1.54, 1.807) is 0 Å². The van der Waals surface area contributed by atoms with Gasteiger partial charge in [-0.25, -0.2) is 0 Å². The molecule has 6 heavy (non-hydrogen) atoms. The molecule has 6 heteroatoms. The van der Waals surface area contributed by atoms with E-state index in [-0.39, 0.29) is 70.8 Å². The summed E-state index contributed by atoms with van der Waals surface area (Å²) in [6, 6.07) is 0. The fraction of sp³-hybridized carbons (Fsp3) is 0. The molecule has 0 aromatic rings. The van der Waals surface area contributed by atoms with Crippen molar-refractivity contribution in [2.45, 2.75) is 0 Å². The van der Waals surface area contributed by atoms with Gasteiger partial charge in [-0.05, 0) is 0 Å². The van der Waals surface area contributed by atoms with Crippen LogP contribution in [0.4, 0.5) is 0 Å². The SMILES string of the molecule is [O-2].[O-2].[O-2].[O-2].[Sb].[Sb]. The van der Waals surface area contributed by atoms with Gasteiger partial charge in [0.15, 0.2) is 0 Å². The van der Waals surface area contributed by atoms with Gasteiger partial charge in [0.25, 0.3) is 0 Å². The van der Waals surface area contributed by atoms with Gasteiger partial charge in [0, 0.05) is 48.9 Å². The molecule has 0 aliphatic rings. The predicted molar refractivity (Wildman–Crippen MR) is 14.3 cm³/mol. The van der Waals surface area contributed by atoms with Crippen molar-refractivity contribution in [3.63, 3.8) is 0 Å². The Morgan fingerprint density at radius 2 is 0.333 bits per heavy atom. The summed E-state index contributed by atoms with van der Waals surface area (Å²) in [6.07, 6.45) is 0. The van der Waals surface area contributed by atoms with Crippen molar-refractivity contribution in [3.05, 3.63) is 0 Å². The number of hydrogen-bond donors (Lipinski definition) is 0. The van der Waals surface area contributed by atoms with Crippen molar-refractivity contribution in [1.29, 1.82) is 0 Å². The topological polar surface area (TPSA) is 114 Å². The molecule has 0 saturated heterocycles. The van der Waals surface area contributed by atoms with Crippen molar-refractivity contribution in [3.8, 4) is 0 Å². The van der Waals surface area contributed by atoms with Crippen LogP contribution in [0.25, 0.3) is 0 Å². The Kier molecular flexibility index (Phi) is 2140. The zero-order chi connectivity index (χ0) is 0. The maximum atomic E-state index is 0. The molecule has 0 aliphatic carbocycles. The van der Waals surface area contributed by atoms with E-state index in [1.807, 2.05) is 0 Å². The van der Waals surface area contributed by atoms with E-state index in [0.29, 0.717) is 0 Å². The van der Waals surface area contributed by atoms with Crippen LogP contribution in [0.2, 0.25) is 0 Å². The smallest absolute Gasteiger partial charge is 0 e. The zero-order valence-electron chi connectivity index (χ0n) is 2.53. The summed E-state index contributed by atoms with van der Waals surface area (Å²) in [5.74, 6) is 0. The second kappa shape index (κ2) is 89.1. The fourth-order valence-corrected chi connectivity index (χ4v) is 0. The molecule has 0 rings (SSSR count). The molecule has 4 nitrogen and oxygen atoms in total. The van der Waals surface area contributed by atoms with E-state index < -0.39 is 0 Å². The van der Waals surface area contributed by atoms with Crippen LogP contribution in [0.3, 0.4) is 0 Å². The molecule has 6 radical (unpaired) electrons. The van der Waals surface area contributed by atoms with Gasteiger partial charge in [-0.15, -0.1) is 0 Å². The van der Waals surface area contributed by atoms with Crippen molar-refractivity contribution in [2.24, 2.45) is 0 Å². The molecule has 0 bridgehead atoms. The fourth-order valence-electron chi connectivity index (χ4n) is 0. The monoisotopic (exact) mass is 306 g/mol. The van der Waals surface area contributed by atoms with Crippen LogP contribution in [-0.2, 0) is 21.9 Å². The Balaban J connectivity index is 0. The molecule has 0 aliphatic heterocycles. The molecule has 0 saturated carbocycles. The molecule has 0 amide bonds. The first-order chi connectivity index (χ1) is 0. The van der Waals surface area contributed by atoms with Crippen LogP contribution in [0.1, 0.15) is 0 Å². The van der Waals surface area contributed by atoms with Crippen LogP contribution < -0.4 is 0 Å². The van der Waals surface area contributed by atoms with Crippen molar-refractivity contribution < 1.29 is 21.9 Å². The largest absolute Gasteiger partial charge is 2.00 e. The van der Waals surface area contributed by atoms with Gasteiger partial charge >= 0.3 is 0 Å². The standard InChI is InChI=1S/4O.2Sb/q4*-2;;. The summed E-state index contributed by atoms with van der Waals surface area (Å²) in [4.78, 5) is 0. The van der Waals surface area contributed by atoms with Crippen LogP contribution in [0.5, 0.6) is 0 Å². The third-order valence-corrected chi connectivity index (χ3v) is 0. The van der Waals surface area contributed by atoms with Crippen LogP contribution in [0, 0.1) is 0 Å². The minimum Gasteiger partial charge on any atom is -2.00 e. The van der Waals surface area contributed by atoms with Gasteiger partial charge in [0.2, 0.25) is 0 Å². The average molecular weight is 308 g/mol. The van der Waals surface area contributed by atoms with Crippen molar-refractivity contribution >= 4 is 48.9 Å². The Morgan fingerprint density at radius 3 is 0.333 bits per heavy atom. The predicted octanol–water partition coefficient (Wildman–Crippen LogP) is -1.24. The van der Waals surface area contributed by atoms with E-state index in [1.165, 1.54) is 0 Å². The Labute approximate surface area is 70.4 Å². The first-order valence-corrected chi connectivity index (χ1v) is 0. The summed E-state index contributed by atoms with van der Waals surface area (Å²) in [6.45, 7) is 0. The van der Waals surface area contributed by atoms with Crippen LogP contribution in [-0.4, -0.2) is 48.9 Å². The second-order valence-corrected chi connectivity index (χ2v) is 0. The van der Waals surface area contributed by atoms with E-state index in [0.717, 1.165) is 0 Å². The van der Waals surface area contributed by atoms with Crippen LogP contribution in [0.15, 0.2) is 0 Å². The van der Waals surface area contributed by atoms with E-state index in [2.05, 4.69) is 0 Å². The quantitative estimate of drug-likeness (QED) is 0.498. The normalized spacial score (nSPS) is 0. The summed E-state index contributed by atoms with van der Waals surface area (Å²) >= 11 is 0. The summed E-state index contributed by atoms with van der Waals surface area (Å²) in [5.41, 5.74) is 0. The van der Waals surface area contributed by atoms with Crippen LogP contribution >= 0.6 is 0 Å². The summed E-state index contributed by atoms with van der Waals surface area (Å²) in [7, 11) is 0. The minimum atomic E-state index is 0. The Bertz CT molecular complexity index is 5.51. The first-order valence-electron chi connectivity index (χ1n) is 0. The number of hydrogen-bond acceptors (Lipinski definition) is 0. The molecule has 0 aromatic heterocycles. The third-order valence-electron chi connectivity index (χ3n) is 0. The van der Waals surface area contributed by atoms with Crippen molar-refractivity contribution in [1.82, 2.24) is 0 Å². The average Bonchev–Trinajstić information content (AvgIpc) is 0. The molecule has 0 spiro atoms. The molecule has 0 unspecified atom stereocenters. The molecule has 0 fully saturated rings. The maximum Gasteiger partial charge on any atom is 0 e. The van der Waals surface area contributed by atoms with Crippen molar-refractivity contribution in [2.75, 3.05) is 0 Å². The third kappa shape index (κ3) is 50.3. The van der Waals surface area contributed by atoms with E-state index in [4.69, 9.17) is 0 Å². The first kappa shape index (κ1) is 144. The molecular weight excluding hydrogens is 308 g/mol. The van der Waals surface area contributed by atoms with Gasteiger partial charge in [-0.3, -0.25) is 0 Å². The molecule has 0 aromatic carbocycles. The van der Waals surface area contributed by atoms with Gasteiger partial charge < -0.3 is 21.9 Å². The Morgan fingerprint density at radius 1 is 0.333 bits per heavy atom. The van der Waals surface area contributed by atoms with E-state index in [9.17, 15) is 0 Å². The maximum absolute atomic E-state index is 0. The summed E-state index contributed by atoms with van der Waals surface area (Å²) < 4.78 is 0. The van der Waals surface area contributed by atoms with Gasteiger partial charge in [0.05, 0.1) is 0 Å². The van der Waals surface area contributed by atoms with Gasteiger partial charge in [-0.2, -0.15) is 0 Å². The molecule has 42 valence electrons. The molecule has 0 heterocycles. The Hall–Kier alpha value is 1.48. The number of rotatable bonds is 0. The van der Waals surface area contributed by atoms with E-state index >= 15 is 0 Å². The molecule has 0 atom stereocenters.